The summed E-state index contributed by atoms with van der Waals surface area (Å²) in [6.07, 6.45) is 0. The first kappa shape index (κ1) is 16.6. The van der Waals surface area contributed by atoms with Crippen molar-refractivity contribution < 1.29 is 8.42 Å². The van der Waals surface area contributed by atoms with Crippen LogP contribution in [0.1, 0.15) is 35.7 Å². The van der Waals surface area contributed by atoms with E-state index in [4.69, 9.17) is 0 Å². The Morgan fingerprint density at radius 3 is 2.45 bits per heavy atom. The van der Waals surface area contributed by atoms with Crippen LogP contribution >= 0.6 is 0 Å². The first-order valence-electron chi connectivity index (χ1n) is 7.17. The molecule has 7 heteroatoms. The quantitative estimate of drug-likeness (QED) is 0.914. The smallest absolute Gasteiger partial charge is 0.240 e. The molecule has 1 N–H and O–H groups in total. The van der Waals surface area contributed by atoms with Gasteiger partial charge in [-0.3, -0.25) is 0 Å². The van der Waals surface area contributed by atoms with Gasteiger partial charge < -0.3 is 0 Å². The molecule has 0 saturated carbocycles. The van der Waals surface area contributed by atoms with Crippen LogP contribution in [-0.4, -0.2) is 29.7 Å². The van der Waals surface area contributed by atoms with Crippen molar-refractivity contribution in [2.24, 2.45) is 0 Å². The van der Waals surface area contributed by atoms with E-state index in [-0.39, 0.29) is 12.6 Å². The van der Waals surface area contributed by atoms with Gasteiger partial charge in [0.25, 0.3) is 0 Å². The van der Waals surface area contributed by atoms with Gasteiger partial charge in [-0.05, 0) is 46.2 Å². The molecule has 2 rings (SSSR count). The van der Waals surface area contributed by atoms with Gasteiger partial charge in [-0.1, -0.05) is 17.7 Å². The summed E-state index contributed by atoms with van der Waals surface area (Å²) >= 11 is 0. The third-order valence-corrected chi connectivity index (χ3v) is 5.10. The average Bonchev–Trinajstić information content (AvgIpc) is 2.74. The number of aryl methyl sites for hydroxylation is 4. The monoisotopic (exact) mass is 322 g/mol. The number of hydrogen-bond acceptors (Lipinski definition) is 4. The molecule has 1 heterocycles. The molecule has 1 atom stereocenters. The molecule has 0 saturated heterocycles. The number of benzene rings is 1. The lowest BCUT2D eigenvalue weighted by Crippen LogP contribution is -2.31. The average molecular weight is 322 g/mol. The zero-order valence-corrected chi connectivity index (χ0v) is 14.4. The normalized spacial score (nSPS) is 13.3. The maximum atomic E-state index is 12.4. The van der Waals surface area contributed by atoms with E-state index in [2.05, 4.69) is 14.8 Å². The summed E-state index contributed by atoms with van der Waals surface area (Å²) in [5, 5.41) is 4.28. The van der Waals surface area contributed by atoms with Crippen molar-refractivity contribution in [2.45, 2.75) is 45.6 Å². The van der Waals surface area contributed by atoms with Crippen molar-refractivity contribution >= 4 is 10.0 Å². The summed E-state index contributed by atoms with van der Waals surface area (Å²) in [6, 6.07) is 5.20. The van der Waals surface area contributed by atoms with Crippen LogP contribution in [0.5, 0.6) is 0 Å². The molecular weight excluding hydrogens is 300 g/mol. The zero-order chi connectivity index (χ0) is 16.5. The summed E-state index contributed by atoms with van der Waals surface area (Å²) in [4.78, 5) is 4.55. The SMILES string of the molecule is Cc1ccc(S(=O)(=O)NCC(C)n2nc(C)nc2C)c(C)c1. The Labute approximate surface area is 131 Å². The number of hydrogen-bond donors (Lipinski definition) is 1. The molecule has 1 aromatic carbocycles. The van der Waals surface area contributed by atoms with Crippen LogP contribution in [0.15, 0.2) is 23.1 Å². The van der Waals surface area contributed by atoms with Crippen LogP contribution in [0, 0.1) is 27.7 Å². The number of rotatable bonds is 5. The van der Waals surface area contributed by atoms with Crippen LogP contribution in [0.4, 0.5) is 0 Å². The summed E-state index contributed by atoms with van der Waals surface area (Å²) in [5.41, 5.74) is 1.78. The predicted octanol–water partition coefficient (Wildman–Crippen LogP) is 2.05. The molecule has 6 nitrogen and oxygen atoms in total. The van der Waals surface area contributed by atoms with Gasteiger partial charge in [0.2, 0.25) is 10.0 Å². The third kappa shape index (κ3) is 3.53. The van der Waals surface area contributed by atoms with E-state index in [0.29, 0.717) is 10.7 Å². The largest absolute Gasteiger partial charge is 0.246 e. The fourth-order valence-electron chi connectivity index (χ4n) is 2.45. The van der Waals surface area contributed by atoms with E-state index in [9.17, 15) is 8.42 Å². The fourth-order valence-corrected chi connectivity index (χ4v) is 3.80. The molecule has 0 aliphatic heterocycles. The second-order valence-electron chi connectivity index (χ2n) is 5.62. The molecule has 1 aromatic heterocycles. The first-order chi connectivity index (χ1) is 10.2. The molecule has 0 radical (unpaired) electrons. The highest BCUT2D eigenvalue weighted by Gasteiger charge is 2.19. The minimum atomic E-state index is -3.53. The molecule has 120 valence electrons. The van der Waals surface area contributed by atoms with Crippen molar-refractivity contribution in [2.75, 3.05) is 6.54 Å². The minimum Gasteiger partial charge on any atom is -0.246 e. The van der Waals surface area contributed by atoms with Gasteiger partial charge in [-0.2, -0.15) is 5.10 Å². The molecule has 22 heavy (non-hydrogen) atoms. The Kier molecular flexibility index (Phi) is 4.67. The highest BCUT2D eigenvalue weighted by molar-refractivity contribution is 7.89. The molecule has 0 fully saturated rings. The number of nitrogens with one attached hydrogen (secondary N) is 1. The number of sulfonamides is 1. The van der Waals surface area contributed by atoms with Crippen molar-refractivity contribution in [3.63, 3.8) is 0 Å². The Bertz CT molecular complexity index is 781. The fraction of sp³-hybridized carbons (Fsp3) is 0.467. The molecule has 0 spiro atoms. The first-order valence-corrected chi connectivity index (χ1v) is 8.65. The van der Waals surface area contributed by atoms with Crippen molar-refractivity contribution in [3.05, 3.63) is 41.0 Å². The lowest BCUT2D eigenvalue weighted by molar-refractivity contribution is 0.466. The molecule has 0 bridgehead atoms. The second-order valence-corrected chi connectivity index (χ2v) is 7.36. The van der Waals surface area contributed by atoms with Crippen molar-refractivity contribution in [3.8, 4) is 0 Å². The Balaban J connectivity index is 2.14. The predicted molar refractivity (Wildman–Crippen MR) is 85.3 cm³/mol. The van der Waals surface area contributed by atoms with Crippen molar-refractivity contribution in [1.29, 1.82) is 0 Å². The van der Waals surface area contributed by atoms with E-state index < -0.39 is 10.0 Å². The van der Waals surface area contributed by atoms with Gasteiger partial charge in [0.15, 0.2) is 0 Å². The lowest BCUT2D eigenvalue weighted by Gasteiger charge is -2.15. The minimum absolute atomic E-state index is 0.110. The summed E-state index contributed by atoms with van der Waals surface area (Å²) in [5.74, 6) is 1.46. The third-order valence-electron chi connectivity index (χ3n) is 3.51. The van der Waals surface area contributed by atoms with Gasteiger partial charge in [-0.15, -0.1) is 0 Å². The highest BCUT2D eigenvalue weighted by Crippen LogP contribution is 2.17. The number of nitrogens with zero attached hydrogens (tertiary/aromatic N) is 3. The Morgan fingerprint density at radius 2 is 1.91 bits per heavy atom. The summed E-state index contributed by atoms with van der Waals surface area (Å²) in [6.45, 7) is 9.58. The molecule has 1 unspecified atom stereocenters. The van der Waals surface area contributed by atoms with Crippen LogP contribution < -0.4 is 4.72 Å². The highest BCUT2D eigenvalue weighted by atomic mass is 32.2. The van der Waals surface area contributed by atoms with Crippen molar-refractivity contribution in [1.82, 2.24) is 19.5 Å². The van der Waals surface area contributed by atoms with Crippen LogP contribution in [-0.2, 0) is 10.0 Å². The number of aromatic nitrogens is 3. The van der Waals surface area contributed by atoms with Gasteiger partial charge in [0, 0.05) is 6.54 Å². The maximum Gasteiger partial charge on any atom is 0.240 e. The van der Waals surface area contributed by atoms with Gasteiger partial charge >= 0.3 is 0 Å². The summed E-state index contributed by atoms with van der Waals surface area (Å²) in [7, 11) is -3.53. The molecule has 0 amide bonds. The Morgan fingerprint density at radius 1 is 1.23 bits per heavy atom. The van der Waals surface area contributed by atoms with Crippen LogP contribution in [0.2, 0.25) is 0 Å². The van der Waals surface area contributed by atoms with Gasteiger partial charge in [-0.25, -0.2) is 22.8 Å². The lowest BCUT2D eigenvalue weighted by atomic mass is 10.2. The van der Waals surface area contributed by atoms with E-state index in [0.717, 1.165) is 17.0 Å². The maximum absolute atomic E-state index is 12.4. The van der Waals surface area contributed by atoms with Gasteiger partial charge in [0.1, 0.15) is 11.6 Å². The van der Waals surface area contributed by atoms with Gasteiger partial charge in [0.05, 0.1) is 10.9 Å². The molecule has 0 aliphatic rings. The van der Waals surface area contributed by atoms with E-state index >= 15 is 0 Å². The molecule has 2 aromatic rings. The van der Waals surface area contributed by atoms with Crippen LogP contribution in [0.3, 0.4) is 0 Å². The van der Waals surface area contributed by atoms with E-state index in [1.54, 1.807) is 23.7 Å². The molecule has 0 aliphatic carbocycles. The Hall–Kier alpha value is -1.73. The van der Waals surface area contributed by atoms with E-state index in [1.807, 2.05) is 33.8 Å². The summed E-state index contributed by atoms with van der Waals surface area (Å²) < 4.78 is 29.3. The topological polar surface area (TPSA) is 76.9 Å². The molecular formula is C15H22N4O2S. The second kappa shape index (κ2) is 6.18. The zero-order valence-electron chi connectivity index (χ0n) is 13.6. The van der Waals surface area contributed by atoms with E-state index in [1.165, 1.54) is 0 Å². The van der Waals surface area contributed by atoms with Crippen LogP contribution in [0.25, 0.3) is 0 Å². The standard InChI is InChI=1S/C15H22N4O2S/c1-10-6-7-15(11(2)8-10)22(20,21)16-9-12(3)19-14(5)17-13(4)18-19/h6-8,12,16H,9H2,1-5H3.